The molecule has 0 bridgehead atoms. The fraction of sp³-hybridized carbons (Fsp3) is 0.435. The van der Waals surface area contributed by atoms with Crippen LogP contribution in [-0.4, -0.2) is 5.97 Å². The van der Waals surface area contributed by atoms with E-state index in [4.69, 9.17) is 0 Å². The Morgan fingerprint density at radius 3 is 2.16 bits per heavy atom. The molecule has 0 radical (unpaired) electrons. The number of hydrogen-bond donors (Lipinski definition) is 0. The van der Waals surface area contributed by atoms with Crippen molar-refractivity contribution < 1.29 is 9.90 Å². The number of carbonyl (C=O) groups excluding carboxylic acids is 1. The lowest BCUT2D eigenvalue weighted by atomic mass is 9.89. The quantitative estimate of drug-likeness (QED) is 0.706. The SMILES string of the molecule is CCC[C@H]1CCC[C@H](c2ccc(-c3ccc(C(=O)[O-])cc3)cc2)CC1. The first-order valence-corrected chi connectivity index (χ1v) is 9.59. The van der Waals surface area contributed by atoms with Crippen molar-refractivity contribution in [2.75, 3.05) is 0 Å². The van der Waals surface area contributed by atoms with Gasteiger partial charge < -0.3 is 9.90 Å². The number of carboxylic acids is 1. The number of rotatable bonds is 5. The molecule has 3 rings (SSSR count). The standard InChI is InChI=1S/C23H28O2/c1-2-4-17-5-3-6-18(8-7-17)19-9-11-20(12-10-19)21-13-15-22(16-14-21)23(24)25/h9-18H,2-8H2,1H3,(H,24,25)/p-1/t17-,18-/m0/s1. The van der Waals surface area contributed by atoms with Gasteiger partial charge in [0.2, 0.25) is 0 Å². The molecule has 2 aromatic rings. The molecule has 1 aliphatic rings. The third-order valence-electron chi connectivity index (χ3n) is 5.62. The Labute approximate surface area is 150 Å². The fourth-order valence-corrected chi connectivity index (χ4v) is 4.16. The largest absolute Gasteiger partial charge is 0.545 e. The molecule has 0 aromatic heterocycles. The van der Waals surface area contributed by atoms with Gasteiger partial charge in [0.25, 0.3) is 0 Å². The predicted molar refractivity (Wildman–Crippen MR) is 100 cm³/mol. The second-order valence-corrected chi connectivity index (χ2v) is 7.35. The van der Waals surface area contributed by atoms with Crippen LogP contribution >= 0.6 is 0 Å². The summed E-state index contributed by atoms with van der Waals surface area (Å²) in [4.78, 5) is 10.8. The molecule has 132 valence electrons. The van der Waals surface area contributed by atoms with E-state index >= 15 is 0 Å². The monoisotopic (exact) mass is 335 g/mol. The summed E-state index contributed by atoms with van der Waals surface area (Å²) < 4.78 is 0. The summed E-state index contributed by atoms with van der Waals surface area (Å²) in [5.74, 6) is 0.490. The smallest absolute Gasteiger partial charge is 0.0715 e. The lowest BCUT2D eigenvalue weighted by Crippen LogP contribution is -2.21. The van der Waals surface area contributed by atoms with Gasteiger partial charge in [0.15, 0.2) is 0 Å². The Hall–Kier alpha value is -2.09. The first kappa shape index (κ1) is 17.7. The average molecular weight is 335 g/mol. The van der Waals surface area contributed by atoms with Crippen LogP contribution in [0.5, 0.6) is 0 Å². The molecule has 0 amide bonds. The highest BCUT2D eigenvalue weighted by atomic mass is 16.4. The highest BCUT2D eigenvalue weighted by Crippen LogP contribution is 2.36. The lowest BCUT2D eigenvalue weighted by Gasteiger charge is -2.16. The van der Waals surface area contributed by atoms with Gasteiger partial charge in [-0.1, -0.05) is 81.1 Å². The van der Waals surface area contributed by atoms with Gasteiger partial charge in [0.05, 0.1) is 5.97 Å². The van der Waals surface area contributed by atoms with Crippen LogP contribution < -0.4 is 5.11 Å². The normalized spacial score (nSPS) is 20.8. The molecular weight excluding hydrogens is 308 g/mol. The minimum atomic E-state index is -1.13. The zero-order chi connectivity index (χ0) is 17.6. The van der Waals surface area contributed by atoms with E-state index in [1.807, 2.05) is 12.1 Å². The fourth-order valence-electron chi connectivity index (χ4n) is 4.16. The molecule has 0 saturated heterocycles. The van der Waals surface area contributed by atoms with Crippen LogP contribution in [0, 0.1) is 5.92 Å². The molecule has 1 saturated carbocycles. The highest BCUT2D eigenvalue weighted by molar-refractivity contribution is 5.86. The first-order chi connectivity index (χ1) is 12.2. The number of hydrogen-bond acceptors (Lipinski definition) is 2. The van der Waals surface area contributed by atoms with Crippen molar-refractivity contribution in [2.24, 2.45) is 5.92 Å². The maximum absolute atomic E-state index is 10.8. The number of benzene rings is 2. The zero-order valence-electron chi connectivity index (χ0n) is 15.0. The van der Waals surface area contributed by atoms with E-state index in [2.05, 4.69) is 31.2 Å². The van der Waals surface area contributed by atoms with Crippen LogP contribution in [0.15, 0.2) is 48.5 Å². The molecule has 25 heavy (non-hydrogen) atoms. The van der Waals surface area contributed by atoms with Crippen LogP contribution in [0.3, 0.4) is 0 Å². The van der Waals surface area contributed by atoms with E-state index in [0.717, 1.165) is 17.0 Å². The van der Waals surface area contributed by atoms with E-state index in [0.29, 0.717) is 5.92 Å². The molecule has 1 fully saturated rings. The van der Waals surface area contributed by atoms with E-state index in [1.54, 1.807) is 12.1 Å². The van der Waals surface area contributed by atoms with Gasteiger partial charge in [0.1, 0.15) is 0 Å². The number of carbonyl (C=O) groups is 1. The Kier molecular flexibility index (Phi) is 5.91. The molecule has 2 atom stereocenters. The van der Waals surface area contributed by atoms with Crippen LogP contribution in [0.25, 0.3) is 11.1 Å². The summed E-state index contributed by atoms with van der Waals surface area (Å²) in [5.41, 5.74) is 3.85. The zero-order valence-corrected chi connectivity index (χ0v) is 15.0. The van der Waals surface area contributed by atoms with Gasteiger partial charge in [-0.05, 0) is 53.4 Å². The van der Waals surface area contributed by atoms with E-state index in [1.165, 1.54) is 50.5 Å². The van der Waals surface area contributed by atoms with Gasteiger partial charge in [0, 0.05) is 0 Å². The molecule has 2 aromatic carbocycles. The third kappa shape index (κ3) is 4.50. The molecule has 0 heterocycles. The summed E-state index contributed by atoms with van der Waals surface area (Å²) in [6.45, 7) is 2.29. The second-order valence-electron chi connectivity index (χ2n) is 7.35. The highest BCUT2D eigenvalue weighted by Gasteiger charge is 2.19. The van der Waals surface area contributed by atoms with Crippen LogP contribution in [0.4, 0.5) is 0 Å². The van der Waals surface area contributed by atoms with Crippen molar-refractivity contribution >= 4 is 5.97 Å². The van der Waals surface area contributed by atoms with Crippen LogP contribution in [-0.2, 0) is 0 Å². The van der Waals surface area contributed by atoms with Crippen molar-refractivity contribution in [3.8, 4) is 11.1 Å². The summed E-state index contributed by atoms with van der Waals surface area (Å²) in [6.07, 6.45) is 9.42. The van der Waals surface area contributed by atoms with Crippen LogP contribution in [0.2, 0.25) is 0 Å². The molecule has 0 aliphatic heterocycles. The Morgan fingerprint density at radius 1 is 0.920 bits per heavy atom. The van der Waals surface area contributed by atoms with E-state index in [9.17, 15) is 9.90 Å². The maximum Gasteiger partial charge on any atom is 0.0715 e. The van der Waals surface area contributed by atoms with Crippen molar-refractivity contribution in [1.82, 2.24) is 0 Å². The van der Waals surface area contributed by atoms with Gasteiger partial charge in [-0.15, -0.1) is 0 Å². The topological polar surface area (TPSA) is 40.1 Å². The molecule has 1 aliphatic carbocycles. The van der Waals surface area contributed by atoms with Gasteiger partial charge in [-0.2, -0.15) is 0 Å². The second kappa shape index (κ2) is 8.33. The van der Waals surface area contributed by atoms with Crippen molar-refractivity contribution in [1.29, 1.82) is 0 Å². The molecular formula is C23H27O2-. The summed E-state index contributed by atoms with van der Waals surface area (Å²) in [7, 11) is 0. The summed E-state index contributed by atoms with van der Waals surface area (Å²) in [6, 6.07) is 15.8. The van der Waals surface area contributed by atoms with Gasteiger partial charge in [-0.25, -0.2) is 0 Å². The maximum atomic E-state index is 10.8. The third-order valence-corrected chi connectivity index (χ3v) is 5.62. The molecule has 0 unspecified atom stereocenters. The van der Waals surface area contributed by atoms with Gasteiger partial charge >= 0.3 is 0 Å². The minimum Gasteiger partial charge on any atom is -0.545 e. The Morgan fingerprint density at radius 2 is 1.56 bits per heavy atom. The number of carboxylic acid groups (broad SMARTS) is 1. The van der Waals surface area contributed by atoms with Gasteiger partial charge in [-0.3, -0.25) is 0 Å². The Bertz CT molecular complexity index is 685. The predicted octanol–water partition coefficient (Wildman–Crippen LogP) is 5.18. The van der Waals surface area contributed by atoms with E-state index < -0.39 is 5.97 Å². The molecule has 0 spiro atoms. The van der Waals surface area contributed by atoms with Crippen molar-refractivity contribution in [3.05, 3.63) is 59.7 Å². The summed E-state index contributed by atoms with van der Waals surface area (Å²) >= 11 is 0. The first-order valence-electron chi connectivity index (χ1n) is 9.59. The van der Waals surface area contributed by atoms with E-state index in [-0.39, 0.29) is 5.56 Å². The Balaban J connectivity index is 1.68. The summed E-state index contributed by atoms with van der Waals surface area (Å²) in [5, 5.41) is 10.8. The molecule has 2 heteroatoms. The average Bonchev–Trinajstić information content (AvgIpc) is 2.88. The van der Waals surface area contributed by atoms with Crippen LogP contribution in [0.1, 0.15) is 73.7 Å². The van der Waals surface area contributed by atoms with Crippen molar-refractivity contribution in [3.63, 3.8) is 0 Å². The minimum absolute atomic E-state index is 0.223. The lowest BCUT2D eigenvalue weighted by molar-refractivity contribution is -0.255. The van der Waals surface area contributed by atoms with Crippen molar-refractivity contribution in [2.45, 2.75) is 57.8 Å². The molecule has 0 N–H and O–H groups in total. The molecule has 2 nitrogen and oxygen atoms in total. The number of aromatic carboxylic acids is 1.